The first-order valence-electron chi connectivity index (χ1n) is 24.5. The summed E-state index contributed by atoms with van der Waals surface area (Å²) in [6, 6.07) is 0. The molecule has 1 aliphatic rings. The van der Waals surface area contributed by atoms with Gasteiger partial charge in [-0.3, -0.25) is 4.79 Å². The van der Waals surface area contributed by atoms with Crippen molar-refractivity contribution in [3.63, 3.8) is 0 Å². The van der Waals surface area contributed by atoms with E-state index in [1.54, 1.807) is 0 Å². The van der Waals surface area contributed by atoms with Crippen molar-refractivity contribution in [2.45, 2.75) is 196 Å². The molecule has 0 aliphatic carbocycles. The van der Waals surface area contributed by atoms with Gasteiger partial charge in [0.15, 0.2) is 6.29 Å². The number of hydrogen-bond donors (Lipinski definition) is 3. The zero-order chi connectivity index (χ0) is 49.3. The van der Waals surface area contributed by atoms with Gasteiger partial charge in [0.1, 0.15) is 31.0 Å². The largest absolute Gasteiger partial charge is 0.463 e. The van der Waals surface area contributed by atoms with Crippen molar-refractivity contribution < 1.29 is 34.3 Å². The van der Waals surface area contributed by atoms with Gasteiger partial charge in [0.05, 0.1) is 5.60 Å². The maximum atomic E-state index is 12.4. The van der Waals surface area contributed by atoms with Crippen LogP contribution >= 0.6 is 0 Å². The molecule has 5 atom stereocenters. The van der Waals surface area contributed by atoms with Crippen molar-refractivity contribution in [1.29, 1.82) is 0 Å². The lowest BCUT2D eigenvalue weighted by molar-refractivity contribution is -0.323. The summed E-state index contributed by atoms with van der Waals surface area (Å²) in [5, 5.41) is 31.8. The molecule has 7 nitrogen and oxygen atoms in total. The average Bonchev–Trinajstić information content (AvgIpc) is 3.24. The summed E-state index contributed by atoms with van der Waals surface area (Å²) in [6.45, 7) is 24.8. The van der Waals surface area contributed by atoms with Crippen molar-refractivity contribution in [3.05, 3.63) is 154 Å². The molecule has 368 valence electrons. The number of allylic oxidation sites excluding steroid dienone is 25. The Labute approximate surface area is 402 Å². The minimum Gasteiger partial charge on any atom is -0.463 e. The summed E-state index contributed by atoms with van der Waals surface area (Å²) in [5.41, 5.74) is 7.68. The smallest absolute Gasteiger partial charge is 0.305 e. The van der Waals surface area contributed by atoms with E-state index in [0.29, 0.717) is 12.8 Å². The van der Waals surface area contributed by atoms with Gasteiger partial charge in [-0.15, -0.1) is 0 Å². The summed E-state index contributed by atoms with van der Waals surface area (Å²) < 4.78 is 17.4. The molecule has 0 radical (unpaired) electrons. The van der Waals surface area contributed by atoms with Crippen molar-refractivity contribution in [2.24, 2.45) is 5.92 Å². The minimum absolute atomic E-state index is 0.235. The van der Waals surface area contributed by atoms with E-state index in [1.807, 2.05) is 51.2 Å². The second kappa shape index (κ2) is 35.1. The van der Waals surface area contributed by atoms with Crippen LogP contribution in [0.3, 0.4) is 0 Å². The van der Waals surface area contributed by atoms with Crippen LogP contribution in [0, 0.1) is 5.92 Å². The first kappa shape index (κ1) is 59.9. The topological polar surface area (TPSA) is 105 Å². The summed E-state index contributed by atoms with van der Waals surface area (Å²) in [6.07, 6.45) is 45.1. The number of ether oxygens (including phenoxy) is 3. The van der Waals surface area contributed by atoms with Gasteiger partial charge < -0.3 is 29.5 Å². The summed E-state index contributed by atoms with van der Waals surface area (Å²) >= 11 is 0. The third-order valence-corrected chi connectivity index (χ3v) is 11.0. The summed E-state index contributed by atoms with van der Waals surface area (Å²) in [4.78, 5) is 12.4. The van der Waals surface area contributed by atoms with Gasteiger partial charge in [-0.25, -0.2) is 0 Å². The monoisotopic (exact) mass is 911 g/mol. The molecule has 1 heterocycles. The molecule has 5 unspecified atom stereocenters. The van der Waals surface area contributed by atoms with Crippen molar-refractivity contribution in [2.75, 3.05) is 6.61 Å². The normalized spacial score (nSPS) is 21.4. The first-order valence-corrected chi connectivity index (χ1v) is 24.5. The van der Waals surface area contributed by atoms with Crippen LogP contribution in [0.25, 0.3) is 0 Å². The lowest BCUT2D eigenvalue weighted by atomic mass is 9.98. The molecule has 0 amide bonds. The number of aliphatic hydroxyl groups excluding tert-OH is 3. The van der Waals surface area contributed by atoms with E-state index in [4.69, 9.17) is 14.2 Å². The van der Waals surface area contributed by atoms with Gasteiger partial charge in [0.25, 0.3) is 0 Å². The molecular weight excluding hydrogens is 821 g/mol. The third-order valence-electron chi connectivity index (χ3n) is 11.0. The Morgan fingerprint density at radius 3 is 1.58 bits per heavy atom. The molecule has 0 aromatic rings. The van der Waals surface area contributed by atoms with E-state index in [1.165, 1.54) is 54.4 Å². The quantitative estimate of drug-likeness (QED) is 0.0285. The van der Waals surface area contributed by atoms with E-state index in [-0.39, 0.29) is 12.6 Å². The Morgan fingerprint density at radius 1 is 0.591 bits per heavy atom. The standard InChI is InChI=1S/C59H90O7/c1-45(2)28-18-16-14-13-15-17-19-42-54(60)64-44-53-55(61)56(62)57(63)58(65-53)66-59(11,12)43-27-41-52(10)40-26-39-51(9)37-24-34-48(6)31-21-20-30-47(5)33-23-36-50(8)38-25-35-49(7)32-22-29-46(3)4/h20-21,23-27,29-31,33-41,45,53,55-58,61-63H,13-19,22,28,32,42-44H2,1-12H3. The van der Waals surface area contributed by atoms with Crippen LogP contribution in [-0.4, -0.2) is 64.2 Å². The zero-order valence-electron chi connectivity index (χ0n) is 43.1. The highest BCUT2D eigenvalue weighted by Gasteiger charge is 2.46. The van der Waals surface area contributed by atoms with Crippen LogP contribution < -0.4 is 0 Å². The highest BCUT2D eigenvalue weighted by Crippen LogP contribution is 2.28. The second-order valence-corrected chi connectivity index (χ2v) is 19.3. The molecule has 3 N–H and O–H groups in total. The fourth-order valence-corrected chi connectivity index (χ4v) is 6.78. The van der Waals surface area contributed by atoms with Crippen LogP contribution in [0.5, 0.6) is 0 Å². The number of hydrogen-bond acceptors (Lipinski definition) is 7. The minimum atomic E-state index is -1.51. The maximum absolute atomic E-state index is 12.4. The SMILES string of the molecule is CC(C)=CCCC(C)=CC=CC(C)=CC=CC(C)=CC=CC=C(C)C=CC=C(C)C=CC=C(C)C=CCC(C)(C)OC1OC(COC(=O)CCCCCCCCCC(C)C)C(O)C(O)C1O. The van der Waals surface area contributed by atoms with Gasteiger partial charge >= 0.3 is 5.97 Å². The number of rotatable bonds is 30. The van der Waals surface area contributed by atoms with Crippen LogP contribution in [0.15, 0.2) is 154 Å². The van der Waals surface area contributed by atoms with E-state index in [9.17, 15) is 20.1 Å². The predicted octanol–water partition coefficient (Wildman–Crippen LogP) is 14.5. The zero-order valence-corrected chi connectivity index (χ0v) is 43.1. The van der Waals surface area contributed by atoms with Crippen molar-refractivity contribution in [1.82, 2.24) is 0 Å². The third kappa shape index (κ3) is 31.0. The molecule has 1 aliphatic heterocycles. The Bertz CT molecular complexity index is 1810. The molecule has 0 aromatic carbocycles. The Morgan fingerprint density at radius 2 is 1.06 bits per heavy atom. The van der Waals surface area contributed by atoms with Crippen molar-refractivity contribution >= 4 is 5.97 Å². The lowest BCUT2D eigenvalue weighted by Crippen LogP contribution is -2.60. The van der Waals surface area contributed by atoms with Crippen LogP contribution in [0.2, 0.25) is 0 Å². The van der Waals surface area contributed by atoms with Crippen molar-refractivity contribution in [3.8, 4) is 0 Å². The molecule has 0 bridgehead atoms. The molecule has 0 saturated carbocycles. The van der Waals surface area contributed by atoms with Crippen LogP contribution in [0.1, 0.15) is 160 Å². The molecule has 1 rings (SSSR count). The molecular formula is C59H90O7. The fraction of sp³-hybridized carbons (Fsp3) is 0.542. The number of carbonyl (C=O) groups excluding carboxylic acids is 1. The van der Waals surface area contributed by atoms with Gasteiger partial charge in [-0.05, 0) is 101 Å². The Hall–Kier alpha value is -4.11. The highest BCUT2D eigenvalue weighted by atomic mass is 16.7. The van der Waals surface area contributed by atoms with E-state index in [0.717, 1.165) is 54.7 Å². The second-order valence-electron chi connectivity index (χ2n) is 19.3. The number of unbranched alkanes of at least 4 members (excludes halogenated alkanes) is 6. The molecule has 1 fully saturated rings. The number of carbonyl (C=O) groups is 1. The molecule has 7 heteroatoms. The molecule has 0 aromatic heterocycles. The maximum Gasteiger partial charge on any atom is 0.305 e. The summed E-state index contributed by atoms with van der Waals surface area (Å²) in [5.74, 6) is 0.389. The number of esters is 1. The van der Waals surface area contributed by atoms with E-state index >= 15 is 0 Å². The van der Waals surface area contributed by atoms with Gasteiger partial charge in [0.2, 0.25) is 0 Å². The Kier molecular flexibility index (Phi) is 31.9. The molecule has 66 heavy (non-hydrogen) atoms. The number of aliphatic hydroxyl groups is 3. The lowest BCUT2D eigenvalue weighted by Gasteiger charge is -2.42. The highest BCUT2D eigenvalue weighted by molar-refractivity contribution is 5.69. The van der Waals surface area contributed by atoms with E-state index < -0.39 is 36.3 Å². The van der Waals surface area contributed by atoms with Crippen LogP contribution in [0.4, 0.5) is 0 Å². The van der Waals surface area contributed by atoms with E-state index in [2.05, 4.69) is 147 Å². The Balaban J connectivity index is 2.55. The molecule has 1 saturated heterocycles. The first-order chi connectivity index (χ1) is 31.3. The fourth-order valence-electron chi connectivity index (χ4n) is 6.78. The average molecular weight is 911 g/mol. The summed E-state index contributed by atoms with van der Waals surface area (Å²) in [7, 11) is 0. The van der Waals surface area contributed by atoms with Gasteiger partial charge in [-0.1, -0.05) is 213 Å². The van der Waals surface area contributed by atoms with Crippen LogP contribution in [-0.2, 0) is 19.0 Å². The molecule has 0 spiro atoms. The van der Waals surface area contributed by atoms with Gasteiger partial charge in [-0.2, -0.15) is 0 Å². The predicted molar refractivity (Wildman–Crippen MR) is 280 cm³/mol. The van der Waals surface area contributed by atoms with Gasteiger partial charge in [0, 0.05) is 6.42 Å².